The van der Waals surface area contributed by atoms with Crippen LogP contribution in [0.3, 0.4) is 0 Å². The summed E-state index contributed by atoms with van der Waals surface area (Å²) in [5, 5.41) is 0.163. The minimum Gasteiger partial charge on any atom is -0.406 e. The van der Waals surface area contributed by atoms with Crippen molar-refractivity contribution in [3.63, 3.8) is 0 Å². The van der Waals surface area contributed by atoms with Crippen LogP contribution in [-0.4, -0.2) is 26.7 Å². The van der Waals surface area contributed by atoms with Crippen molar-refractivity contribution >= 4 is 11.8 Å². The second kappa shape index (κ2) is 8.74. The predicted octanol–water partition coefficient (Wildman–Crippen LogP) is 3.26. The Morgan fingerprint density at radius 3 is 2.00 bits per heavy atom. The molecular weight excluding hydrogens is 426 g/mol. The van der Waals surface area contributed by atoms with Gasteiger partial charge in [0.05, 0.1) is 13.1 Å². The Morgan fingerprint density at radius 2 is 1.47 bits per heavy atom. The SMILES string of the molecule is CSc1nc(=O)n(Cc2ccc(F)cc2)c(=O)n1Cc1ccc(OC(F)(F)F)cc1. The third-order valence-corrected chi connectivity index (χ3v) is 4.73. The molecule has 0 amide bonds. The first kappa shape index (κ1) is 21.6. The number of ether oxygens (including phenoxy) is 1. The molecule has 1 aromatic heterocycles. The first-order valence-corrected chi connectivity index (χ1v) is 9.73. The van der Waals surface area contributed by atoms with Crippen molar-refractivity contribution < 1.29 is 22.3 Å². The number of hydrogen-bond donors (Lipinski definition) is 0. The van der Waals surface area contributed by atoms with Gasteiger partial charge >= 0.3 is 17.7 Å². The van der Waals surface area contributed by atoms with E-state index in [-0.39, 0.29) is 24.0 Å². The summed E-state index contributed by atoms with van der Waals surface area (Å²) in [7, 11) is 0. The minimum atomic E-state index is -4.80. The fraction of sp³-hybridized carbons (Fsp3) is 0.211. The summed E-state index contributed by atoms with van der Waals surface area (Å²) in [4.78, 5) is 29.1. The Hall–Kier alpha value is -3.08. The molecule has 0 fully saturated rings. The van der Waals surface area contributed by atoms with Gasteiger partial charge in [-0.3, -0.25) is 4.57 Å². The molecule has 0 saturated carbocycles. The maximum atomic E-state index is 13.1. The van der Waals surface area contributed by atoms with Gasteiger partial charge in [-0.2, -0.15) is 4.98 Å². The second-order valence-electron chi connectivity index (χ2n) is 6.15. The van der Waals surface area contributed by atoms with Gasteiger partial charge in [-0.15, -0.1) is 13.2 Å². The summed E-state index contributed by atoms with van der Waals surface area (Å²) < 4.78 is 55.9. The van der Waals surface area contributed by atoms with Gasteiger partial charge in [-0.25, -0.2) is 18.5 Å². The number of halogens is 4. The van der Waals surface area contributed by atoms with E-state index in [4.69, 9.17) is 0 Å². The van der Waals surface area contributed by atoms with Crippen LogP contribution in [-0.2, 0) is 13.1 Å². The van der Waals surface area contributed by atoms with Crippen molar-refractivity contribution in [3.8, 4) is 5.75 Å². The largest absolute Gasteiger partial charge is 0.573 e. The molecule has 11 heteroatoms. The highest BCUT2D eigenvalue weighted by atomic mass is 32.2. The highest BCUT2D eigenvalue weighted by Gasteiger charge is 2.31. The van der Waals surface area contributed by atoms with Crippen molar-refractivity contribution in [2.24, 2.45) is 0 Å². The van der Waals surface area contributed by atoms with E-state index in [0.717, 1.165) is 28.5 Å². The summed E-state index contributed by atoms with van der Waals surface area (Å²) in [6.45, 7) is -0.115. The monoisotopic (exact) mass is 441 g/mol. The van der Waals surface area contributed by atoms with Crippen molar-refractivity contribution in [2.45, 2.75) is 24.6 Å². The van der Waals surface area contributed by atoms with Crippen LogP contribution in [0, 0.1) is 5.82 Å². The van der Waals surface area contributed by atoms with Gasteiger partial charge in [0.25, 0.3) is 0 Å². The van der Waals surface area contributed by atoms with Crippen LogP contribution in [0.25, 0.3) is 0 Å². The average molecular weight is 441 g/mol. The topological polar surface area (TPSA) is 66.1 Å². The average Bonchev–Trinajstić information content (AvgIpc) is 2.68. The molecule has 0 aliphatic carbocycles. The molecule has 3 rings (SSSR count). The van der Waals surface area contributed by atoms with Gasteiger partial charge in [-0.05, 0) is 41.6 Å². The smallest absolute Gasteiger partial charge is 0.406 e. The zero-order chi connectivity index (χ0) is 21.9. The molecule has 0 aliphatic rings. The van der Waals surface area contributed by atoms with Crippen LogP contribution in [0.15, 0.2) is 63.3 Å². The molecule has 0 atom stereocenters. The Kier molecular flexibility index (Phi) is 6.30. The van der Waals surface area contributed by atoms with Gasteiger partial charge in [0.1, 0.15) is 11.6 Å². The van der Waals surface area contributed by atoms with Gasteiger partial charge < -0.3 is 4.74 Å². The highest BCUT2D eigenvalue weighted by molar-refractivity contribution is 7.98. The minimum absolute atomic E-state index is 0.0159. The Balaban J connectivity index is 1.93. The Bertz CT molecular complexity index is 1140. The van der Waals surface area contributed by atoms with Gasteiger partial charge in [0.15, 0.2) is 5.16 Å². The number of nitrogens with zero attached hydrogens (tertiary/aromatic N) is 3. The molecular formula is C19H15F4N3O3S. The van der Waals surface area contributed by atoms with E-state index in [0.29, 0.717) is 11.1 Å². The van der Waals surface area contributed by atoms with Gasteiger partial charge in [0, 0.05) is 0 Å². The molecule has 0 radical (unpaired) electrons. The zero-order valence-corrected chi connectivity index (χ0v) is 16.3. The third-order valence-electron chi connectivity index (χ3n) is 4.05. The number of rotatable bonds is 6. The third kappa shape index (κ3) is 5.29. The molecule has 1 heterocycles. The van der Waals surface area contributed by atoms with Gasteiger partial charge in [-0.1, -0.05) is 36.0 Å². The molecule has 0 unspecified atom stereocenters. The molecule has 0 saturated heterocycles. The van der Waals surface area contributed by atoms with Gasteiger partial charge in [0.2, 0.25) is 0 Å². The number of alkyl halides is 3. The number of benzene rings is 2. The van der Waals surface area contributed by atoms with E-state index in [1.165, 1.54) is 41.0 Å². The molecule has 3 aromatic rings. The summed E-state index contributed by atoms with van der Waals surface area (Å²) >= 11 is 1.09. The summed E-state index contributed by atoms with van der Waals surface area (Å²) in [5.74, 6) is -0.833. The van der Waals surface area contributed by atoms with Crippen molar-refractivity contribution in [3.05, 3.63) is 86.4 Å². The molecule has 0 N–H and O–H groups in total. The van der Waals surface area contributed by atoms with E-state index in [1.54, 1.807) is 6.26 Å². The molecule has 0 bridgehead atoms. The van der Waals surface area contributed by atoms with E-state index >= 15 is 0 Å². The van der Waals surface area contributed by atoms with Crippen LogP contribution in [0.1, 0.15) is 11.1 Å². The van der Waals surface area contributed by atoms with E-state index in [9.17, 15) is 27.2 Å². The molecule has 0 aliphatic heterocycles. The van der Waals surface area contributed by atoms with Crippen LogP contribution >= 0.6 is 11.8 Å². The first-order chi connectivity index (χ1) is 14.2. The normalized spacial score (nSPS) is 11.5. The van der Waals surface area contributed by atoms with Crippen molar-refractivity contribution in [1.29, 1.82) is 0 Å². The fourth-order valence-electron chi connectivity index (χ4n) is 2.69. The number of thioether (sulfide) groups is 1. The van der Waals surface area contributed by atoms with E-state index in [1.807, 2.05) is 0 Å². The lowest BCUT2D eigenvalue weighted by molar-refractivity contribution is -0.274. The van der Waals surface area contributed by atoms with E-state index < -0.39 is 23.6 Å². The predicted molar refractivity (Wildman–Crippen MR) is 102 cm³/mol. The molecule has 158 valence electrons. The summed E-state index contributed by atoms with van der Waals surface area (Å²) in [6.07, 6.45) is -3.16. The molecule has 0 spiro atoms. The van der Waals surface area contributed by atoms with Crippen molar-refractivity contribution in [2.75, 3.05) is 6.26 Å². The van der Waals surface area contributed by atoms with Crippen LogP contribution in [0.2, 0.25) is 0 Å². The Morgan fingerprint density at radius 1 is 0.933 bits per heavy atom. The quantitative estimate of drug-likeness (QED) is 0.434. The molecule has 6 nitrogen and oxygen atoms in total. The van der Waals surface area contributed by atoms with Crippen LogP contribution in [0.4, 0.5) is 17.6 Å². The lowest BCUT2D eigenvalue weighted by Gasteiger charge is -2.14. The van der Waals surface area contributed by atoms with Crippen LogP contribution < -0.4 is 16.1 Å². The fourth-order valence-corrected chi connectivity index (χ4v) is 3.22. The van der Waals surface area contributed by atoms with E-state index in [2.05, 4.69) is 9.72 Å². The maximum Gasteiger partial charge on any atom is 0.573 e. The number of hydrogen-bond acceptors (Lipinski definition) is 5. The second-order valence-corrected chi connectivity index (χ2v) is 6.93. The van der Waals surface area contributed by atoms with Crippen molar-refractivity contribution in [1.82, 2.24) is 14.1 Å². The maximum absolute atomic E-state index is 13.1. The Labute approximate surface area is 171 Å². The van der Waals surface area contributed by atoms with Crippen LogP contribution in [0.5, 0.6) is 5.75 Å². The standard InChI is InChI=1S/C19H15F4N3O3S/c1-30-17-24-16(27)25(10-12-2-6-14(20)7-3-12)18(28)26(17)11-13-4-8-15(9-5-13)29-19(21,22)23/h2-9H,10-11H2,1H3. The lowest BCUT2D eigenvalue weighted by atomic mass is 10.2. The zero-order valence-electron chi connectivity index (χ0n) is 15.5. The molecule has 30 heavy (non-hydrogen) atoms. The first-order valence-electron chi connectivity index (χ1n) is 8.51. The summed E-state index contributed by atoms with van der Waals surface area (Å²) in [6, 6.07) is 10.4. The summed E-state index contributed by atoms with van der Waals surface area (Å²) in [5.41, 5.74) is -0.344. The molecule has 2 aromatic carbocycles. The number of aromatic nitrogens is 3. The highest BCUT2D eigenvalue weighted by Crippen LogP contribution is 2.23. The lowest BCUT2D eigenvalue weighted by Crippen LogP contribution is -2.42.